The monoisotopic (exact) mass is 500 g/mol. The molecule has 1 amide bonds. The van der Waals surface area contributed by atoms with Gasteiger partial charge in [-0.15, -0.1) is 4.91 Å². The SMILES string of the molecule is CC(C)(C)c1ccc(-c2ccc(O)c3c2C[C@H]2CC4CC(O)=C(C(N)=O)C(=O)C4C(N=O)=C2C3=O)cc1. The summed E-state index contributed by atoms with van der Waals surface area (Å²) >= 11 is 0. The first-order valence-electron chi connectivity index (χ1n) is 12.3. The maximum Gasteiger partial charge on any atom is 0.255 e. The number of hydrogen-bond donors (Lipinski definition) is 3. The highest BCUT2D eigenvalue weighted by Crippen LogP contribution is 2.51. The van der Waals surface area contributed by atoms with Gasteiger partial charge in [0.05, 0.1) is 11.5 Å². The molecule has 0 saturated heterocycles. The number of primary amides is 1. The van der Waals surface area contributed by atoms with E-state index in [4.69, 9.17) is 5.73 Å². The number of allylic oxidation sites excluding steroid dienone is 3. The molecule has 5 rings (SSSR count). The number of fused-ring (bicyclic) bond motifs is 3. The summed E-state index contributed by atoms with van der Waals surface area (Å²) in [5.74, 6) is -5.10. The van der Waals surface area contributed by atoms with E-state index >= 15 is 0 Å². The molecule has 0 radical (unpaired) electrons. The fourth-order valence-corrected chi connectivity index (χ4v) is 6.17. The standard InChI is InChI=1S/C29H28N2O6/c1-29(2,3)16-6-4-13(5-7-16)17-8-9-19(32)23-18(17)11-14-10-15-12-20(33)24(28(30)36)27(35)22(15)25(31-37)21(14)26(23)34/h4-9,14-15,22,32-33H,10-12H2,1-3H3,(H2,30,36)/t14-,15?,22?/m1/s1. The van der Waals surface area contributed by atoms with Gasteiger partial charge in [0, 0.05) is 12.0 Å². The van der Waals surface area contributed by atoms with Crippen molar-refractivity contribution in [1.82, 2.24) is 0 Å². The van der Waals surface area contributed by atoms with Crippen LogP contribution in [0.15, 0.2) is 64.2 Å². The maximum absolute atomic E-state index is 13.8. The zero-order chi connectivity index (χ0) is 26.8. The number of aliphatic hydroxyl groups excluding tert-OH is 1. The zero-order valence-electron chi connectivity index (χ0n) is 20.9. The lowest BCUT2D eigenvalue weighted by molar-refractivity contribution is -0.125. The van der Waals surface area contributed by atoms with Gasteiger partial charge in [-0.25, -0.2) is 0 Å². The Labute approximate surface area is 213 Å². The fourth-order valence-electron chi connectivity index (χ4n) is 6.17. The second kappa shape index (κ2) is 8.50. The predicted octanol–water partition coefficient (Wildman–Crippen LogP) is 4.64. The molecular formula is C29H28N2O6. The third kappa shape index (κ3) is 3.79. The molecule has 0 saturated carbocycles. The van der Waals surface area contributed by atoms with Gasteiger partial charge in [0.1, 0.15) is 22.8 Å². The number of benzene rings is 2. The molecule has 3 aliphatic carbocycles. The van der Waals surface area contributed by atoms with Gasteiger partial charge in [-0.1, -0.05) is 51.1 Å². The molecule has 8 nitrogen and oxygen atoms in total. The van der Waals surface area contributed by atoms with Gasteiger partial charge < -0.3 is 15.9 Å². The van der Waals surface area contributed by atoms with Crippen LogP contribution in [0.1, 0.15) is 55.1 Å². The van der Waals surface area contributed by atoms with Crippen molar-refractivity contribution in [1.29, 1.82) is 0 Å². The Morgan fingerprint density at radius 2 is 1.70 bits per heavy atom. The zero-order valence-corrected chi connectivity index (χ0v) is 20.9. The molecule has 0 heterocycles. The normalized spacial score (nSPS) is 23.4. The van der Waals surface area contributed by atoms with Gasteiger partial charge in [0.25, 0.3) is 5.91 Å². The summed E-state index contributed by atoms with van der Waals surface area (Å²) in [6, 6.07) is 11.3. The van der Waals surface area contributed by atoms with Gasteiger partial charge in [0.2, 0.25) is 0 Å². The molecule has 37 heavy (non-hydrogen) atoms. The van der Waals surface area contributed by atoms with Crippen molar-refractivity contribution in [2.45, 2.75) is 45.4 Å². The molecule has 190 valence electrons. The summed E-state index contributed by atoms with van der Waals surface area (Å²) in [5.41, 5.74) is 8.23. The molecular weight excluding hydrogens is 472 g/mol. The molecule has 4 N–H and O–H groups in total. The van der Waals surface area contributed by atoms with Crippen LogP contribution < -0.4 is 5.73 Å². The minimum absolute atomic E-state index is 0.0142. The molecule has 0 fully saturated rings. The number of amides is 1. The first-order chi connectivity index (χ1) is 17.4. The Bertz CT molecular complexity index is 1440. The highest BCUT2D eigenvalue weighted by Gasteiger charge is 2.50. The van der Waals surface area contributed by atoms with Crippen LogP contribution in [0.5, 0.6) is 5.75 Å². The summed E-state index contributed by atoms with van der Waals surface area (Å²) in [6.45, 7) is 6.38. The summed E-state index contributed by atoms with van der Waals surface area (Å²) in [4.78, 5) is 50.7. The summed E-state index contributed by atoms with van der Waals surface area (Å²) in [5, 5.41) is 24.2. The lowest BCUT2D eigenvalue weighted by Gasteiger charge is -2.41. The second-order valence-corrected chi connectivity index (χ2v) is 11.2. The third-order valence-electron chi connectivity index (χ3n) is 7.93. The van der Waals surface area contributed by atoms with Crippen LogP contribution in [-0.2, 0) is 21.4 Å². The minimum atomic E-state index is -1.14. The number of carbonyl (C=O) groups excluding carboxylic acids is 3. The minimum Gasteiger partial charge on any atom is -0.511 e. The first-order valence-corrected chi connectivity index (χ1v) is 12.3. The van der Waals surface area contributed by atoms with Crippen LogP contribution in [0.4, 0.5) is 0 Å². The molecule has 3 aliphatic rings. The van der Waals surface area contributed by atoms with Gasteiger partial charge in [-0.3, -0.25) is 14.4 Å². The number of nitrogens with two attached hydrogens (primary N) is 1. The quantitative estimate of drug-likeness (QED) is 0.413. The molecule has 3 atom stereocenters. The molecule has 0 bridgehead atoms. The number of aromatic hydroxyl groups is 1. The Morgan fingerprint density at radius 1 is 1.03 bits per heavy atom. The van der Waals surface area contributed by atoms with Crippen molar-refractivity contribution in [2.75, 3.05) is 0 Å². The van der Waals surface area contributed by atoms with E-state index in [1.54, 1.807) is 6.07 Å². The van der Waals surface area contributed by atoms with E-state index in [0.717, 1.165) is 16.7 Å². The Hall–Kier alpha value is -4.07. The summed E-state index contributed by atoms with van der Waals surface area (Å²) in [7, 11) is 0. The van der Waals surface area contributed by atoms with Gasteiger partial charge in [-0.05, 0) is 63.6 Å². The highest BCUT2D eigenvalue weighted by atomic mass is 16.3. The van der Waals surface area contributed by atoms with E-state index in [-0.39, 0.29) is 34.4 Å². The number of phenolic OH excluding ortho intramolecular Hbond substituents is 1. The van der Waals surface area contributed by atoms with Crippen molar-refractivity contribution >= 4 is 17.5 Å². The number of rotatable bonds is 3. The predicted molar refractivity (Wildman–Crippen MR) is 137 cm³/mol. The number of nitroso groups, excluding NO2 is 1. The van der Waals surface area contributed by atoms with E-state index < -0.39 is 46.6 Å². The van der Waals surface area contributed by atoms with Crippen molar-refractivity contribution < 1.29 is 24.6 Å². The molecule has 8 heteroatoms. The van der Waals surface area contributed by atoms with Crippen molar-refractivity contribution in [2.24, 2.45) is 28.7 Å². The topological polar surface area (TPSA) is 147 Å². The number of ketones is 2. The van der Waals surface area contributed by atoms with E-state index in [0.29, 0.717) is 18.4 Å². The lowest BCUT2D eigenvalue weighted by atomic mass is 9.61. The first kappa shape index (κ1) is 24.6. The van der Waals surface area contributed by atoms with Crippen LogP contribution >= 0.6 is 0 Å². The van der Waals surface area contributed by atoms with Crippen LogP contribution in [0.3, 0.4) is 0 Å². The Balaban J connectivity index is 1.64. The molecule has 2 unspecified atom stereocenters. The van der Waals surface area contributed by atoms with E-state index in [9.17, 15) is 29.5 Å². The second-order valence-electron chi connectivity index (χ2n) is 11.2. The van der Waals surface area contributed by atoms with Gasteiger partial charge >= 0.3 is 0 Å². The van der Waals surface area contributed by atoms with Crippen LogP contribution in [0.25, 0.3) is 11.1 Å². The van der Waals surface area contributed by atoms with Crippen LogP contribution in [-0.4, -0.2) is 27.7 Å². The average Bonchev–Trinajstić information content (AvgIpc) is 2.82. The van der Waals surface area contributed by atoms with Crippen LogP contribution in [0.2, 0.25) is 0 Å². The van der Waals surface area contributed by atoms with Crippen molar-refractivity contribution in [3.63, 3.8) is 0 Å². The van der Waals surface area contributed by atoms with Gasteiger partial charge in [-0.2, -0.15) is 0 Å². The number of Topliss-reactive ketones (excluding diaryl/α,β-unsaturated/α-hetero) is 2. The highest BCUT2D eigenvalue weighted by molar-refractivity contribution is 6.22. The molecule has 2 aromatic carbocycles. The smallest absolute Gasteiger partial charge is 0.255 e. The maximum atomic E-state index is 13.8. The number of phenols is 1. The summed E-state index contributed by atoms with van der Waals surface area (Å²) < 4.78 is 0. The largest absolute Gasteiger partial charge is 0.511 e. The molecule has 0 aliphatic heterocycles. The number of carbonyl (C=O) groups is 3. The van der Waals surface area contributed by atoms with Crippen LogP contribution in [0, 0.1) is 22.7 Å². The van der Waals surface area contributed by atoms with Crippen molar-refractivity contribution in [3.8, 4) is 16.9 Å². The molecule has 0 aromatic heterocycles. The molecule has 0 spiro atoms. The van der Waals surface area contributed by atoms with Crippen molar-refractivity contribution in [3.05, 3.63) is 80.6 Å². The van der Waals surface area contributed by atoms with E-state index in [2.05, 4.69) is 25.9 Å². The Kier molecular flexibility index (Phi) is 5.66. The van der Waals surface area contributed by atoms with E-state index in [1.165, 1.54) is 6.07 Å². The molecule has 2 aromatic rings. The lowest BCUT2D eigenvalue weighted by Crippen LogP contribution is -2.43. The number of aliphatic hydroxyl groups is 1. The fraction of sp³-hybridized carbons (Fsp3) is 0.345. The third-order valence-corrected chi connectivity index (χ3v) is 7.93. The number of hydrogen-bond acceptors (Lipinski definition) is 7. The van der Waals surface area contributed by atoms with Gasteiger partial charge in [0.15, 0.2) is 11.6 Å². The summed E-state index contributed by atoms with van der Waals surface area (Å²) in [6.07, 6.45) is 0.675. The van der Waals surface area contributed by atoms with E-state index in [1.807, 2.05) is 24.3 Å². The average molecular weight is 501 g/mol. The Morgan fingerprint density at radius 3 is 2.30 bits per heavy atom. The number of nitrogens with zero attached hydrogens (tertiary/aromatic N) is 1.